The Labute approximate surface area is 125 Å². The number of aryl methyl sites for hydroxylation is 1. The normalized spacial score (nSPS) is 11.4. The number of anilines is 3. The number of nitrogens with one attached hydrogen (secondary N) is 1. The Bertz CT molecular complexity index is 609. The lowest BCUT2D eigenvalue weighted by Crippen LogP contribution is -2.06. The predicted molar refractivity (Wildman–Crippen MR) is 80.0 cm³/mol. The van der Waals surface area contributed by atoms with E-state index in [0.717, 1.165) is 24.1 Å². The van der Waals surface area contributed by atoms with Crippen LogP contribution in [0.3, 0.4) is 0 Å². The van der Waals surface area contributed by atoms with Crippen LogP contribution in [-0.4, -0.2) is 5.88 Å². The summed E-state index contributed by atoms with van der Waals surface area (Å²) in [5.74, 6) is 0.521. The maximum absolute atomic E-state index is 12.7. The van der Waals surface area contributed by atoms with Crippen LogP contribution in [-0.2, 0) is 12.6 Å². The van der Waals surface area contributed by atoms with E-state index in [9.17, 15) is 13.2 Å². The molecule has 21 heavy (non-hydrogen) atoms. The smallest absolute Gasteiger partial charge is 0.397 e. The Morgan fingerprint density at radius 2 is 1.71 bits per heavy atom. The third kappa shape index (κ3) is 4.04. The number of hydrogen-bond donors (Lipinski definition) is 2. The summed E-state index contributed by atoms with van der Waals surface area (Å²) < 4.78 is 38.1. The Morgan fingerprint density at radius 3 is 2.29 bits per heavy atom. The van der Waals surface area contributed by atoms with Gasteiger partial charge in [0.25, 0.3) is 0 Å². The Kier molecular flexibility index (Phi) is 4.63. The van der Waals surface area contributed by atoms with Gasteiger partial charge in [-0.1, -0.05) is 12.1 Å². The van der Waals surface area contributed by atoms with Crippen LogP contribution >= 0.6 is 11.6 Å². The number of halogens is 4. The number of alkyl halides is 4. The van der Waals surface area contributed by atoms with Gasteiger partial charge in [0.1, 0.15) is 0 Å². The molecule has 0 saturated carbocycles. The molecule has 2 aromatic rings. The Morgan fingerprint density at radius 1 is 1.05 bits per heavy atom. The Balaban J connectivity index is 2.22. The van der Waals surface area contributed by atoms with Gasteiger partial charge in [0.15, 0.2) is 0 Å². The van der Waals surface area contributed by atoms with Gasteiger partial charge in [-0.05, 0) is 42.3 Å². The summed E-state index contributed by atoms with van der Waals surface area (Å²) in [5.41, 5.74) is 7.19. The summed E-state index contributed by atoms with van der Waals surface area (Å²) in [5, 5.41) is 2.90. The first kappa shape index (κ1) is 15.5. The van der Waals surface area contributed by atoms with Crippen LogP contribution in [0, 0.1) is 0 Å². The van der Waals surface area contributed by atoms with Crippen molar-refractivity contribution in [2.45, 2.75) is 12.6 Å². The second-order valence-electron chi connectivity index (χ2n) is 4.56. The van der Waals surface area contributed by atoms with E-state index in [1.165, 1.54) is 6.07 Å². The van der Waals surface area contributed by atoms with Crippen molar-refractivity contribution in [3.8, 4) is 0 Å². The summed E-state index contributed by atoms with van der Waals surface area (Å²) in [4.78, 5) is 0. The molecule has 0 bridgehead atoms. The van der Waals surface area contributed by atoms with Crippen LogP contribution in [0.5, 0.6) is 0 Å². The molecule has 0 aliphatic heterocycles. The van der Waals surface area contributed by atoms with E-state index in [1.54, 1.807) is 12.1 Å². The second kappa shape index (κ2) is 6.26. The van der Waals surface area contributed by atoms with E-state index < -0.39 is 11.7 Å². The highest BCUT2D eigenvalue weighted by molar-refractivity contribution is 6.17. The second-order valence-corrected chi connectivity index (χ2v) is 4.94. The zero-order valence-corrected chi connectivity index (χ0v) is 11.8. The van der Waals surface area contributed by atoms with Crippen LogP contribution in [0.1, 0.15) is 11.1 Å². The van der Waals surface area contributed by atoms with Gasteiger partial charge in [-0.25, -0.2) is 0 Å². The summed E-state index contributed by atoms with van der Waals surface area (Å²) in [6, 6.07) is 10.5. The zero-order chi connectivity index (χ0) is 15.5. The van der Waals surface area contributed by atoms with Crippen LogP contribution in [0.4, 0.5) is 30.2 Å². The van der Waals surface area contributed by atoms with Gasteiger partial charge in [-0.2, -0.15) is 13.2 Å². The van der Waals surface area contributed by atoms with Crippen molar-refractivity contribution in [2.24, 2.45) is 0 Å². The molecular formula is C15H14ClF3N2. The van der Waals surface area contributed by atoms with Crippen LogP contribution in [0.2, 0.25) is 0 Å². The van der Waals surface area contributed by atoms with Crippen LogP contribution in [0.15, 0.2) is 42.5 Å². The SMILES string of the molecule is Nc1ccc(C(F)(F)F)cc1Nc1ccc(CCCl)cc1. The zero-order valence-electron chi connectivity index (χ0n) is 11.0. The molecule has 0 radical (unpaired) electrons. The standard InChI is InChI=1S/C15H14ClF3N2/c16-8-7-10-1-4-12(5-2-10)21-14-9-11(15(17,18)19)3-6-13(14)20/h1-6,9,21H,7-8,20H2. The number of hydrogen-bond acceptors (Lipinski definition) is 2. The molecule has 0 fully saturated rings. The van der Waals surface area contributed by atoms with Crippen LogP contribution < -0.4 is 11.1 Å². The monoisotopic (exact) mass is 314 g/mol. The van der Waals surface area contributed by atoms with Crippen LogP contribution in [0.25, 0.3) is 0 Å². The molecule has 0 saturated heterocycles. The van der Waals surface area contributed by atoms with E-state index in [0.29, 0.717) is 11.6 Å². The molecule has 0 amide bonds. The molecule has 0 spiro atoms. The van der Waals surface area contributed by atoms with Gasteiger partial charge in [0.2, 0.25) is 0 Å². The van der Waals surface area contributed by atoms with E-state index in [-0.39, 0.29) is 11.4 Å². The number of nitrogens with two attached hydrogens (primary N) is 1. The molecule has 2 aromatic carbocycles. The van der Waals surface area contributed by atoms with Crippen molar-refractivity contribution < 1.29 is 13.2 Å². The van der Waals surface area contributed by atoms with Crippen molar-refractivity contribution in [3.05, 3.63) is 53.6 Å². The lowest BCUT2D eigenvalue weighted by atomic mass is 10.1. The van der Waals surface area contributed by atoms with Gasteiger partial charge in [0.05, 0.1) is 16.9 Å². The fraction of sp³-hybridized carbons (Fsp3) is 0.200. The summed E-state index contributed by atoms with van der Waals surface area (Å²) >= 11 is 5.65. The van der Waals surface area contributed by atoms with Gasteiger partial charge in [-0.15, -0.1) is 11.6 Å². The molecule has 0 aliphatic carbocycles. The first-order valence-corrected chi connectivity index (χ1v) is 6.82. The molecule has 0 atom stereocenters. The minimum Gasteiger partial charge on any atom is -0.397 e. The van der Waals surface area contributed by atoms with Gasteiger partial charge in [-0.3, -0.25) is 0 Å². The predicted octanol–water partition coefficient (Wildman–Crippen LogP) is 4.81. The quantitative estimate of drug-likeness (QED) is 0.627. The molecule has 0 aromatic heterocycles. The number of benzene rings is 2. The van der Waals surface area contributed by atoms with Crippen molar-refractivity contribution in [1.29, 1.82) is 0 Å². The van der Waals surface area contributed by atoms with Crippen molar-refractivity contribution >= 4 is 28.7 Å². The fourth-order valence-corrected chi connectivity index (χ4v) is 2.08. The maximum atomic E-state index is 12.7. The summed E-state index contributed by atoms with van der Waals surface area (Å²) in [7, 11) is 0. The maximum Gasteiger partial charge on any atom is 0.416 e. The molecule has 2 nitrogen and oxygen atoms in total. The molecule has 6 heteroatoms. The molecule has 2 rings (SSSR count). The van der Waals surface area contributed by atoms with E-state index >= 15 is 0 Å². The molecule has 0 aliphatic rings. The third-order valence-corrected chi connectivity index (χ3v) is 3.19. The first-order chi connectivity index (χ1) is 9.90. The lowest BCUT2D eigenvalue weighted by Gasteiger charge is -2.13. The molecule has 0 unspecified atom stereocenters. The van der Waals surface area contributed by atoms with Crippen molar-refractivity contribution in [1.82, 2.24) is 0 Å². The van der Waals surface area contributed by atoms with E-state index in [4.69, 9.17) is 17.3 Å². The summed E-state index contributed by atoms with van der Waals surface area (Å²) in [6.07, 6.45) is -3.65. The number of rotatable bonds is 4. The van der Waals surface area contributed by atoms with Crippen molar-refractivity contribution in [3.63, 3.8) is 0 Å². The highest BCUT2D eigenvalue weighted by Crippen LogP contribution is 2.34. The number of nitrogen functional groups attached to an aromatic ring is 1. The summed E-state index contributed by atoms with van der Waals surface area (Å²) in [6.45, 7) is 0. The van der Waals surface area contributed by atoms with Gasteiger partial charge in [0, 0.05) is 11.6 Å². The van der Waals surface area contributed by atoms with Gasteiger partial charge >= 0.3 is 6.18 Å². The molecule has 3 N–H and O–H groups in total. The van der Waals surface area contributed by atoms with Crippen molar-refractivity contribution in [2.75, 3.05) is 16.9 Å². The molecular weight excluding hydrogens is 301 g/mol. The first-order valence-electron chi connectivity index (χ1n) is 6.29. The largest absolute Gasteiger partial charge is 0.416 e. The average Bonchev–Trinajstić information content (AvgIpc) is 2.42. The lowest BCUT2D eigenvalue weighted by molar-refractivity contribution is -0.137. The molecule has 112 valence electrons. The minimum atomic E-state index is -4.39. The molecule has 0 heterocycles. The van der Waals surface area contributed by atoms with E-state index in [2.05, 4.69) is 5.32 Å². The van der Waals surface area contributed by atoms with Gasteiger partial charge < -0.3 is 11.1 Å². The third-order valence-electron chi connectivity index (χ3n) is 3.00. The highest BCUT2D eigenvalue weighted by atomic mass is 35.5. The topological polar surface area (TPSA) is 38.0 Å². The fourth-order valence-electron chi connectivity index (χ4n) is 1.86. The Hall–Kier alpha value is -1.88. The average molecular weight is 315 g/mol. The minimum absolute atomic E-state index is 0.231. The van der Waals surface area contributed by atoms with E-state index in [1.807, 2.05) is 12.1 Å². The highest BCUT2D eigenvalue weighted by Gasteiger charge is 2.30.